The molecule has 456 valence electrons. The van der Waals surface area contributed by atoms with Gasteiger partial charge in [-0.25, -0.2) is 0 Å². The molecular formula is C74H124O6. The van der Waals surface area contributed by atoms with Crippen LogP contribution < -0.4 is 0 Å². The van der Waals surface area contributed by atoms with Gasteiger partial charge in [-0.3, -0.25) is 14.4 Å². The van der Waals surface area contributed by atoms with Crippen molar-refractivity contribution in [3.05, 3.63) is 122 Å². The molecule has 6 heteroatoms. The normalized spacial score (nSPS) is 12.9. The van der Waals surface area contributed by atoms with Crippen molar-refractivity contribution < 1.29 is 28.6 Å². The molecule has 0 fully saturated rings. The lowest BCUT2D eigenvalue weighted by atomic mass is 10.0. The van der Waals surface area contributed by atoms with Crippen LogP contribution in [0.2, 0.25) is 0 Å². The van der Waals surface area contributed by atoms with E-state index in [1.807, 2.05) is 0 Å². The second-order valence-corrected chi connectivity index (χ2v) is 22.0. The fraction of sp³-hybridized carbons (Fsp3) is 0.689. The predicted octanol–water partition coefficient (Wildman–Crippen LogP) is 23.2. The minimum atomic E-state index is -0.792. The van der Waals surface area contributed by atoms with Gasteiger partial charge < -0.3 is 14.2 Å². The van der Waals surface area contributed by atoms with Gasteiger partial charge in [0.05, 0.1) is 0 Å². The van der Waals surface area contributed by atoms with E-state index in [1.54, 1.807) is 0 Å². The highest BCUT2D eigenvalue weighted by atomic mass is 16.6. The third-order valence-corrected chi connectivity index (χ3v) is 14.2. The second kappa shape index (κ2) is 67.3. The first-order chi connectivity index (χ1) is 39.5. The first-order valence-corrected chi connectivity index (χ1v) is 33.5. The first-order valence-electron chi connectivity index (χ1n) is 33.5. The number of carbonyl (C=O) groups is 3. The van der Waals surface area contributed by atoms with Crippen LogP contribution in [0.5, 0.6) is 0 Å². The summed E-state index contributed by atoms with van der Waals surface area (Å²) >= 11 is 0. The molecule has 80 heavy (non-hydrogen) atoms. The Hall–Kier alpha value is -4.19. The van der Waals surface area contributed by atoms with E-state index in [1.165, 1.54) is 128 Å². The molecule has 0 N–H and O–H groups in total. The van der Waals surface area contributed by atoms with Crippen LogP contribution in [-0.2, 0) is 28.6 Å². The summed E-state index contributed by atoms with van der Waals surface area (Å²) in [5.74, 6) is -0.904. The van der Waals surface area contributed by atoms with Gasteiger partial charge in [0.2, 0.25) is 0 Å². The molecule has 0 aromatic rings. The van der Waals surface area contributed by atoms with Crippen molar-refractivity contribution in [1.82, 2.24) is 0 Å². The molecule has 0 aromatic heterocycles. The molecule has 1 unspecified atom stereocenters. The maximum atomic E-state index is 12.9. The van der Waals surface area contributed by atoms with Crippen molar-refractivity contribution in [2.45, 2.75) is 316 Å². The van der Waals surface area contributed by atoms with Crippen molar-refractivity contribution in [1.29, 1.82) is 0 Å². The highest BCUT2D eigenvalue weighted by molar-refractivity contribution is 5.71. The molecular weight excluding hydrogens is 985 g/mol. The SMILES string of the molecule is CC/C=C\C/C=C\C/C=C\C/C=C\C/C=C\CCCCCCCCCCCCCCCCCC(=O)OCC(COC(=O)CCCCCCC/C=C\C/C=C\CCCC)OC(=O)CCCCCCCCC/C=C\C/C=C\C/C=C\CC. The Morgan fingerprint density at radius 2 is 0.487 bits per heavy atom. The number of unbranched alkanes of at least 4 members (excludes halogenated alkanes) is 29. The smallest absolute Gasteiger partial charge is 0.306 e. The van der Waals surface area contributed by atoms with E-state index in [9.17, 15) is 14.4 Å². The van der Waals surface area contributed by atoms with Crippen molar-refractivity contribution in [3.8, 4) is 0 Å². The van der Waals surface area contributed by atoms with E-state index < -0.39 is 6.10 Å². The maximum absolute atomic E-state index is 12.9. The summed E-state index contributed by atoms with van der Waals surface area (Å²) in [6.45, 7) is 6.38. The van der Waals surface area contributed by atoms with Crippen LogP contribution >= 0.6 is 0 Å². The third-order valence-electron chi connectivity index (χ3n) is 14.2. The van der Waals surface area contributed by atoms with E-state index in [0.29, 0.717) is 19.3 Å². The molecule has 0 heterocycles. The summed E-state index contributed by atoms with van der Waals surface area (Å²) in [6, 6.07) is 0. The lowest BCUT2D eigenvalue weighted by molar-refractivity contribution is -0.167. The van der Waals surface area contributed by atoms with Crippen LogP contribution in [0, 0.1) is 0 Å². The standard InChI is InChI=1S/C74H124O6/c1-4-7-10-13-16-19-22-25-28-30-31-32-33-34-35-36-37-38-39-40-41-42-43-45-46-49-52-55-58-61-64-67-73(76)79-70-71(69-78-72(75)66-63-60-57-54-51-48-27-24-21-18-15-12-9-6-3)80-74(77)68-65-62-59-56-53-50-47-44-29-26-23-20-17-14-11-8-5-2/h7-8,10-11,15-20,24-29,31-32,34-35,71H,4-6,9,12-14,21-23,30,33,36-70H2,1-3H3/b10-7-,11-8-,18-15-,19-16-,20-17-,27-24-,28-25-,29-26-,32-31-,35-34-. The zero-order valence-corrected chi connectivity index (χ0v) is 52.3. The highest BCUT2D eigenvalue weighted by Crippen LogP contribution is 2.16. The summed E-state index contributed by atoms with van der Waals surface area (Å²) in [4.78, 5) is 38.3. The predicted molar refractivity (Wildman–Crippen MR) is 348 cm³/mol. The second-order valence-electron chi connectivity index (χ2n) is 22.0. The molecule has 1 atom stereocenters. The molecule has 0 spiro atoms. The maximum Gasteiger partial charge on any atom is 0.306 e. The van der Waals surface area contributed by atoms with Crippen LogP contribution in [-0.4, -0.2) is 37.2 Å². The van der Waals surface area contributed by atoms with Gasteiger partial charge in [-0.05, 0) is 122 Å². The number of hydrogen-bond donors (Lipinski definition) is 0. The Labute approximate surface area is 494 Å². The largest absolute Gasteiger partial charge is 0.462 e. The molecule has 0 bridgehead atoms. The summed E-state index contributed by atoms with van der Waals surface area (Å²) in [5.41, 5.74) is 0. The van der Waals surface area contributed by atoms with E-state index in [0.717, 1.165) is 141 Å². The molecule has 6 nitrogen and oxygen atoms in total. The lowest BCUT2D eigenvalue weighted by Crippen LogP contribution is -2.30. The van der Waals surface area contributed by atoms with E-state index >= 15 is 0 Å². The monoisotopic (exact) mass is 1110 g/mol. The van der Waals surface area contributed by atoms with Crippen LogP contribution in [0.3, 0.4) is 0 Å². The summed E-state index contributed by atoms with van der Waals surface area (Å²) in [5, 5.41) is 0. The van der Waals surface area contributed by atoms with Crippen molar-refractivity contribution >= 4 is 17.9 Å². The van der Waals surface area contributed by atoms with E-state index in [-0.39, 0.29) is 31.1 Å². The van der Waals surface area contributed by atoms with Crippen LogP contribution in [0.15, 0.2) is 122 Å². The third kappa shape index (κ3) is 64.6. The molecule has 0 radical (unpaired) electrons. The van der Waals surface area contributed by atoms with E-state index in [4.69, 9.17) is 14.2 Å². The minimum Gasteiger partial charge on any atom is -0.462 e. The fourth-order valence-corrected chi connectivity index (χ4v) is 9.21. The number of carbonyl (C=O) groups excluding carboxylic acids is 3. The molecule has 0 saturated carbocycles. The van der Waals surface area contributed by atoms with Gasteiger partial charge in [-0.1, -0.05) is 290 Å². The number of rotatable bonds is 60. The van der Waals surface area contributed by atoms with Gasteiger partial charge in [0.25, 0.3) is 0 Å². The molecule has 0 aliphatic heterocycles. The van der Waals surface area contributed by atoms with Gasteiger partial charge in [0.15, 0.2) is 6.10 Å². The molecule has 0 aromatic carbocycles. The average Bonchev–Trinajstić information content (AvgIpc) is 3.46. The lowest BCUT2D eigenvalue weighted by Gasteiger charge is -2.18. The quantitative estimate of drug-likeness (QED) is 0.0261. The van der Waals surface area contributed by atoms with Crippen molar-refractivity contribution in [2.24, 2.45) is 0 Å². The highest BCUT2D eigenvalue weighted by Gasteiger charge is 2.19. The average molecular weight is 1110 g/mol. The Balaban J connectivity index is 4.25. The van der Waals surface area contributed by atoms with Crippen molar-refractivity contribution in [3.63, 3.8) is 0 Å². The zero-order valence-electron chi connectivity index (χ0n) is 52.3. The van der Waals surface area contributed by atoms with Crippen LogP contribution in [0.25, 0.3) is 0 Å². The molecule has 0 rings (SSSR count). The van der Waals surface area contributed by atoms with Gasteiger partial charge in [-0.15, -0.1) is 0 Å². The zero-order chi connectivity index (χ0) is 57.8. The number of allylic oxidation sites excluding steroid dienone is 20. The first kappa shape index (κ1) is 75.8. The Bertz CT molecular complexity index is 1650. The number of esters is 3. The fourth-order valence-electron chi connectivity index (χ4n) is 9.21. The summed E-state index contributed by atoms with van der Waals surface area (Å²) in [7, 11) is 0. The number of hydrogen-bond acceptors (Lipinski definition) is 6. The van der Waals surface area contributed by atoms with Crippen LogP contribution in [0.4, 0.5) is 0 Å². The minimum absolute atomic E-state index is 0.0869. The van der Waals surface area contributed by atoms with Gasteiger partial charge in [0, 0.05) is 19.3 Å². The van der Waals surface area contributed by atoms with Gasteiger partial charge in [0.1, 0.15) is 13.2 Å². The molecule has 0 amide bonds. The summed E-state index contributed by atoms with van der Waals surface area (Å²) in [6.07, 6.45) is 93.6. The van der Waals surface area contributed by atoms with Crippen LogP contribution in [0.1, 0.15) is 310 Å². The molecule has 0 aliphatic rings. The van der Waals surface area contributed by atoms with Crippen molar-refractivity contribution in [2.75, 3.05) is 13.2 Å². The van der Waals surface area contributed by atoms with Gasteiger partial charge >= 0.3 is 17.9 Å². The number of ether oxygens (including phenoxy) is 3. The Morgan fingerprint density at radius 3 is 0.762 bits per heavy atom. The van der Waals surface area contributed by atoms with Gasteiger partial charge in [-0.2, -0.15) is 0 Å². The topological polar surface area (TPSA) is 78.9 Å². The molecule has 0 saturated heterocycles. The summed E-state index contributed by atoms with van der Waals surface area (Å²) < 4.78 is 16.9. The Kier molecular flexibility index (Phi) is 63.8. The van der Waals surface area contributed by atoms with E-state index in [2.05, 4.69) is 142 Å². The Morgan fingerprint density at radius 1 is 0.263 bits per heavy atom. The molecule has 0 aliphatic carbocycles.